The quantitative estimate of drug-likeness (QED) is 0.880. The lowest BCUT2D eigenvalue weighted by Crippen LogP contribution is -2.44. The van der Waals surface area contributed by atoms with Gasteiger partial charge in [-0.1, -0.05) is 12.1 Å². The van der Waals surface area contributed by atoms with Crippen molar-refractivity contribution >= 4 is 11.8 Å². The summed E-state index contributed by atoms with van der Waals surface area (Å²) in [6.07, 6.45) is 1.72. The zero-order valence-corrected chi connectivity index (χ0v) is 14.3. The van der Waals surface area contributed by atoms with Crippen molar-refractivity contribution in [3.05, 3.63) is 29.3 Å². The number of rotatable bonds is 2. The van der Waals surface area contributed by atoms with Crippen molar-refractivity contribution in [2.45, 2.75) is 58.3 Å². The summed E-state index contributed by atoms with van der Waals surface area (Å²) in [7, 11) is 0. The van der Waals surface area contributed by atoms with E-state index in [0.717, 1.165) is 39.0 Å². The molecule has 2 aliphatic heterocycles. The van der Waals surface area contributed by atoms with E-state index in [-0.39, 0.29) is 6.09 Å². The Balaban J connectivity index is 1.54. The third kappa shape index (κ3) is 3.96. The minimum Gasteiger partial charge on any atom is -0.444 e. The van der Waals surface area contributed by atoms with Crippen LogP contribution in [0.4, 0.5) is 10.5 Å². The number of nitrogens with one attached hydrogen (secondary N) is 2. The molecular formula is C18H27N3O2. The van der Waals surface area contributed by atoms with Crippen molar-refractivity contribution in [1.29, 1.82) is 0 Å². The van der Waals surface area contributed by atoms with Gasteiger partial charge in [-0.3, -0.25) is 0 Å². The molecule has 5 heteroatoms. The van der Waals surface area contributed by atoms with Crippen LogP contribution in [0.25, 0.3) is 0 Å². The van der Waals surface area contributed by atoms with Crippen molar-refractivity contribution in [3.8, 4) is 0 Å². The molecule has 0 bridgehead atoms. The summed E-state index contributed by atoms with van der Waals surface area (Å²) in [5.74, 6) is 0. The monoisotopic (exact) mass is 317 g/mol. The number of fused-ring (bicyclic) bond motifs is 1. The summed E-state index contributed by atoms with van der Waals surface area (Å²) in [4.78, 5) is 13.9. The summed E-state index contributed by atoms with van der Waals surface area (Å²) < 4.78 is 5.45. The van der Waals surface area contributed by atoms with E-state index < -0.39 is 5.60 Å². The van der Waals surface area contributed by atoms with Crippen LogP contribution in [-0.4, -0.2) is 35.7 Å². The highest BCUT2D eigenvalue weighted by Gasteiger charge is 2.27. The summed E-state index contributed by atoms with van der Waals surface area (Å²) in [6, 6.07) is 6.88. The smallest absolute Gasteiger partial charge is 0.410 e. The second-order valence-electron chi connectivity index (χ2n) is 7.43. The highest BCUT2D eigenvalue weighted by atomic mass is 16.6. The van der Waals surface area contributed by atoms with Crippen molar-refractivity contribution in [1.82, 2.24) is 10.2 Å². The van der Waals surface area contributed by atoms with Crippen LogP contribution in [0, 0.1) is 0 Å². The highest BCUT2D eigenvalue weighted by Crippen LogP contribution is 2.26. The molecule has 126 valence electrons. The van der Waals surface area contributed by atoms with Gasteiger partial charge >= 0.3 is 6.09 Å². The first-order valence-corrected chi connectivity index (χ1v) is 8.48. The second-order valence-corrected chi connectivity index (χ2v) is 7.43. The Morgan fingerprint density at radius 2 is 2.00 bits per heavy atom. The first-order chi connectivity index (χ1) is 10.9. The van der Waals surface area contributed by atoms with Gasteiger partial charge in [-0.2, -0.15) is 0 Å². The van der Waals surface area contributed by atoms with Gasteiger partial charge in [0, 0.05) is 37.9 Å². The number of hydrogen-bond acceptors (Lipinski definition) is 4. The number of ether oxygens (including phenoxy) is 1. The van der Waals surface area contributed by atoms with Crippen LogP contribution < -0.4 is 10.6 Å². The van der Waals surface area contributed by atoms with E-state index in [2.05, 4.69) is 28.8 Å². The van der Waals surface area contributed by atoms with Gasteiger partial charge in [0.05, 0.1) is 0 Å². The predicted octanol–water partition coefficient (Wildman–Crippen LogP) is 3.10. The third-order valence-corrected chi connectivity index (χ3v) is 4.40. The molecule has 1 aromatic rings. The molecule has 0 aliphatic carbocycles. The fourth-order valence-electron chi connectivity index (χ4n) is 3.22. The molecule has 0 saturated carbocycles. The molecule has 2 N–H and O–H groups in total. The van der Waals surface area contributed by atoms with Crippen LogP contribution >= 0.6 is 0 Å². The van der Waals surface area contributed by atoms with Crippen LogP contribution in [-0.2, 0) is 17.8 Å². The Kier molecular flexibility index (Phi) is 4.48. The lowest BCUT2D eigenvalue weighted by molar-refractivity contribution is 0.0210. The van der Waals surface area contributed by atoms with Gasteiger partial charge in [-0.25, -0.2) is 4.79 Å². The average Bonchev–Trinajstić information content (AvgIpc) is 2.96. The maximum atomic E-state index is 12.1. The van der Waals surface area contributed by atoms with Crippen molar-refractivity contribution in [3.63, 3.8) is 0 Å². The molecule has 0 unspecified atom stereocenters. The Hall–Kier alpha value is -1.75. The molecule has 1 fully saturated rings. The number of piperidine rings is 1. The van der Waals surface area contributed by atoms with Gasteiger partial charge in [0.1, 0.15) is 5.60 Å². The fourth-order valence-corrected chi connectivity index (χ4v) is 3.22. The van der Waals surface area contributed by atoms with Crippen LogP contribution in [0.3, 0.4) is 0 Å². The van der Waals surface area contributed by atoms with Crippen LogP contribution in [0.5, 0.6) is 0 Å². The lowest BCUT2D eigenvalue weighted by Gasteiger charge is -2.34. The summed E-state index contributed by atoms with van der Waals surface area (Å²) >= 11 is 0. The number of hydrogen-bond donors (Lipinski definition) is 2. The van der Waals surface area contributed by atoms with E-state index in [1.54, 1.807) is 0 Å². The number of likely N-dealkylation sites (tertiary alicyclic amines) is 1. The summed E-state index contributed by atoms with van der Waals surface area (Å²) in [5.41, 5.74) is 3.59. The topological polar surface area (TPSA) is 53.6 Å². The zero-order valence-electron chi connectivity index (χ0n) is 14.3. The van der Waals surface area contributed by atoms with E-state index in [9.17, 15) is 4.79 Å². The van der Waals surface area contributed by atoms with Gasteiger partial charge < -0.3 is 20.3 Å². The average molecular weight is 317 g/mol. The maximum Gasteiger partial charge on any atom is 0.410 e. The van der Waals surface area contributed by atoms with Gasteiger partial charge in [0.2, 0.25) is 0 Å². The molecular weight excluding hydrogens is 290 g/mol. The van der Waals surface area contributed by atoms with Gasteiger partial charge in [-0.15, -0.1) is 0 Å². The Bertz CT molecular complexity index is 572. The number of carbonyl (C=O) groups is 1. The Morgan fingerprint density at radius 1 is 1.26 bits per heavy atom. The first-order valence-electron chi connectivity index (χ1n) is 8.48. The van der Waals surface area contributed by atoms with Crippen molar-refractivity contribution < 1.29 is 9.53 Å². The van der Waals surface area contributed by atoms with Gasteiger partial charge in [0.15, 0.2) is 0 Å². The van der Waals surface area contributed by atoms with Crippen molar-refractivity contribution in [2.24, 2.45) is 0 Å². The third-order valence-electron chi connectivity index (χ3n) is 4.40. The largest absolute Gasteiger partial charge is 0.444 e. The van der Waals surface area contributed by atoms with Crippen molar-refractivity contribution in [2.75, 3.05) is 18.4 Å². The molecule has 5 nitrogen and oxygen atoms in total. The number of carbonyl (C=O) groups excluding carboxylic acids is 1. The molecule has 0 aromatic heterocycles. The molecule has 2 aliphatic rings. The number of anilines is 1. The highest BCUT2D eigenvalue weighted by molar-refractivity contribution is 5.68. The Labute approximate surface area is 138 Å². The number of nitrogens with zero attached hydrogens (tertiary/aromatic N) is 1. The molecule has 3 rings (SSSR count). The lowest BCUT2D eigenvalue weighted by atomic mass is 10.0. The van der Waals surface area contributed by atoms with E-state index in [4.69, 9.17) is 4.74 Å². The normalized spacial score (nSPS) is 18.7. The van der Waals surface area contributed by atoms with Crippen LogP contribution in [0.1, 0.15) is 44.7 Å². The molecule has 1 saturated heterocycles. The van der Waals surface area contributed by atoms with E-state index >= 15 is 0 Å². The molecule has 2 heterocycles. The number of benzene rings is 1. The van der Waals surface area contributed by atoms with Gasteiger partial charge in [-0.05, 0) is 50.8 Å². The van der Waals surface area contributed by atoms with Gasteiger partial charge in [0.25, 0.3) is 0 Å². The summed E-state index contributed by atoms with van der Waals surface area (Å²) in [5, 5.41) is 7.07. The molecule has 0 radical (unpaired) electrons. The standard InChI is InChI=1S/C18H27N3O2/c1-18(2,3)23-17(22)21-9-7-14(8-10-21)20-16-6-4-5-13-11-19-12-15(13)16/h4-6,14,19-20H,7-12H2,1-3H3. The first kappa shape index (κ1) is 16.1. The minimum atomic E-state index is -0.427. The SMILES string of the molecule is CC(C)(C)OC(=O)N1CCC(Nc2cccc3c2CNC3)CC1. The van der Waals surface area contributed by atoms with Crippen LogP contribution in [0.15, 0.2) is 18.2 Å². The van der Waals surface area contributed by atoms with E-state index in [0.29, 0.717) is 6.04 Å². The minimum absolute atomic E-state index is 0.194. The maximum absolute atomic E-state index is 12.1. The second kappa shape index (κ2) is 6.40. The van der Waals surface area contributed by atoms with E-state index in [1.165, 1.54) is 16.8 Å². The molecule has 1 amide bonds. The Morgan fingerprint density at radius 3 is 2.70 bits per heavy atom. The predicted molar refractivity (Wildman–Crippen MR) is 91.4 cm³/mol. The van der Waals surface area contributed by atoms with Crippen LogP contribution in [0.2, 0.25) is 0 Å². The molecule has 0 spiro atoms. The molecule has 0 atom stereocenters. The molecule has 1 aromatic carbocycles. The fraction of sp³-hybridized carbons (Fsp3) is 0.611. The summed E-state index contributed by atoms with van der Waals surface area (Å²) in [6.45, 7) is 9.12. The zero-order chi connectivity index (χ0) is 16.4. The van der Waals surface area contributed by atoms with E-state index in [1.807, 2.05) is 25.7 Å². The number of amides is 1. The molecule has 23 heavy (non-hydrogen) atoms.